The third kappa shape index (κ3) is 9.95. The number of anilines is 1. The third-order valence-corrected chi connectivity index (χ3v) is 9.38. The Hall–Kier alpha value is -3.11. The van der Waals surface area contributed by atoms with Crippen molar-refractivity contribution in [1.29, 1.82) is 0 Å². The van der Waals surface area contributed by atoms with Crippen LogP contribution in [-0.2, 0) is 12.8 Å². The summed E-state index contributed by atoms with van der Waals surface area (Å²) >= 11 is 0. The minimum Gasteiger partial charge on any atom is -0.504 e. The lowest BCUT2D eigenvalue weighted by Crippen LogP contribution is -2.36. The van der Waals surface area contributed by atoms with Gasteiger partial charge in [-0.2, -0.15) is 0 Å². The minimum atomic E-state index is -1.19. The molecule has 0 saturated heterocycles. The fourth-order valence-corrected chi connectivity index (χ4v) is 6.59. The van der Waals surface area contributed by atoms with Gasteiger partial charge in [-0.05, 0) is 110 Å². The highest BCUT2D eigenvalue weighted by Crippen LogP contribution is 2.34. The second-order valence-corrected chi connectivity index (χ2v) is 12.6. The van der Waals surface area contributed by atoms with Gasteiger partial charge in [0.25, 0.3) is 0 Å². The van der Waals surface area contributed by atoms with Crippen LogP contribution in [0.2, 0.25) is 0 Å². The number of aliphatic hydroxyl groups is 4. The molecule has 1 aliphatic carbocycles. The molecule has 2 aromatic heterocycles. The van der Waals surface area contributed by atoms with Gasteiger partial charge in [0, 0.05) is 18.1 Å². The van der Waals surface area contributed by atoms with Gasteiger partial charge in [0.2, 0.25) is 0 Å². The monoisotopic (exact) mass is 609 g/mol. The molecule has 9 heteroatoms. The van der Waals surface area contributed by atoms with E-state index in [0.29, 0.717) is 37.9 Å². The van der Waals surface area contributed by atoms with Gasteiger partial charge in [-0.15, -0.1) is 0 Å². The molecule has 4 rings (SSSR count). The van der Waals surface area contributed by atoms with Crippen molar-refractivity contribution in [3.63, 3.8) is 0 Å². The fraction of sp³-hybridized carbons (Fsp3) is 0.571. The van der Waals surface area contributed by atoms with Crippen molar-refractivity contribution in [3.8, 4) is 11.5 Å². The topological polar surface area (TPSA) is 165 Å². The lowest BCUT2D eigenvalue weighted by molar-refractivity contribution is -0.00840. The van der Waals surface area contributed by atoms with Crippen LogP contribution in [0, 0.1) is 11.8 Å². The van der Waals surface area contributed by atoms with Gasteiger partial charge in [0.15, 0.2) is 11.5 Å². The van der Waals surface area contributed by atoms with E-state index in [1.807, 2.05) is 24.4 Å². The lowest BCUT2D eigenvalue weighted by Gasteiger charge is -2.28. The molecule has 0 unspecified atom stereocenters. The maximum absolute atomic E-state index is 10.9. The van der Waals surface area contributed by atoms with E-state index in [0.717, 1.165) is 48.4 Å². The average molecular weight is 610 g/mol. The quantitative estimate of drug-likeness (QED) is 0.113. The number of phenols is 1. The van der Waals surface area contributed by atoms with Gasteiger partial charge >= 0.3 is 0 Å². The number of ether oxygens (including phenoxy) is 1. The number of hydrogen-bond acceptors (Lipinski definition) is 8. The van der Waals surface area contributed by atoms with Crippen LogP contribution < -0.4 is 10.5 Å². The molecule has 9 nitrogen and oxygen atoms in total. The summed E-state index contributed by atoms with van der Waals surface area (Å²) in [5, 5.41) is 52.9. The van der Waals surface area contributed by atoms with E-state index < -0.39 is 31.0 Å². The van der Waals surface area contributed by atoms with Gasteiger partial charge in [-0.3, -0.25) is 0 Å². The molecule has 8 N–H and O–H groups in total. The Labute approximate surface area is 261 Å². The number of nitrogens with one attached hydrogen (secondary N) is 1. The van der Waals surface area contributed by atoms with Gasteiger partial charge < -0.3 is 41.0 Å². The number of benzene rings is 1. The smallest absolute Gasteiger partial charge is 0.161 e. The molecule has 0 spiro atoms. The number of aromatic amines is 1. The van der Waals surface area contributed by atoms with Gasteiger partial charge in [-0.25, -0.2) is 4.98 Å². The van der Waals surface area contributed by atoms with Crippen LogP contribution in [0.3, 0.4) is 0 Å². The standard InChI is InChI=1S/C35H51N3O6/c1-2-23-5-3-6-25(11-8-23)31(42)21-29(40)12-9-24-10-13-30(41)33(17-24)44-34(32(43)22-39)19-27(18-28-7-4-15-37-28)26-14-16-38-35(36)20-26/h4,7,10,13-17,20,23,25,27,29,31-32,34,37,39-43H,2-3,5-6,8-9,11-12,18-19,21-22H2,1H3,(H2,36,38)/t23-,25+,27+,29-,31-,32-,34-/m1/s1. The molecule has 1 fully saturated rings. The summed E-state index contributed by atoms with van der Waals surface area (Å²) in [6.07, 6.45) is 9.40. The highest BCUT2D eigenvalue weighted by atomic mass is 16.5. The van der Waals surface area contributed by atoms with Crippen LogP contribution in [0.4, 0.5) is 5.82 Å². The number of H-pyrrole nitrogens is 1. The number of aliphatic hydroxyl groups excluding tert-OH is 4. The molecule has 0 aliphatic heterocycles. The Morgan fingerprint density at radius 2 is 1.89 bits per heavy atom. The zero-order chi connectivity index (χ0) is 31.5. The van der Waals surface area contributed by atoms with Crippen LogP contribution in [0.5, 0.6) is 11.5 Å². The number of nitrogens with zero attached hydrogens (tertiary/aromatic N) is 1. The van der Waals surface area contributed by atoms with E-state index in [1.165, 1.54) is 12.8 Å². The number of phenolic OH excluding ortho intramolecular Hbond substituents is 1. The molecule has 44 heavy (non-hydrogen) atoms. The van der Waals surface area contributed by atoms with Crippen LogP contribution in [0.15, 0.2) is 54.9 Å². The van der Waals surface area contributed by atoms with Crippen molar-refractivity contribution in [2.45, 2.75) is 108 Å². The predicted octanol–water partition coefficient (Wildman–Crippen LogP) is 4.87. The molecule has 2 heterocycles. The molecule has 0 radical (unpaired) electrons. The zero-order valence-corrected chi connectivity index (χ0v) is 25.9. The Morgan fingerprint density at radius 1 is 1.05 bits per heavy atom. The van der Waals surface area contributed by atoms with Crippen LogP contribution in [-0.4, -0.2) is 66.5 Å². The molecular weight excluding hydrogens is 558 g/mol. The number of nitrogen functional groups attached to an aromatic ring is 1. The van der Waals surface area contributed by atoms with E-state index in [2.05, 4.69) is 16.9 Å². The highest BCUT2D eigenvalue weighted by molar-refractivity contribution is 5.42. The van der Waals surface area contributed by atoms with E-state index in [-0.39, 0.29) is 23.3 Å². The summed E-state index contributed by atoms with van der Waals surface area (Å²) in [7, 11) is 0. The second-order valence-electron chi connectivity index (χ2n) is 12.6. The van der Waals surface area contributed by atoms with Crippen molar-refractivity contribution in [2.24, 2.45) is 11.8 Å². The van der Waals surface area contributed by atoms with Crippen molar-refractivity contribution in [3.05, 3.63) is 71.7 Å². The van der Waals surface area contributed by atoms with Crippen molar-refractivity contribution < 1.29 is 30.3 Å². The molecule has 3 aromatic rings. The average Bonchev–Trinajstić information content (AvgIpc) is 3.41. The van der Waals surface area contributed by atoms with Crippen molar-refractivity contribution in [2.75, 3.05) is 12.3 Å². The highest BCUT2D eigenvalue weighted by Gasteiger charge is 2.28. The maximum Gasteiger partial charge on any atom is 0.161 e. The molecule has 0 bridgehead atoms. The fourth-order valence-electron chi connectivity index (χ4n) is 6.59. The zero-order valence-electron chi connectivity index (χ0n) is 25.9. The Bertz CT molecular complexity index is 1260. The Kier molecular flexibility index (Phi) is 12.9. The van der Waals surface area contributed by atoms with Crippen molar-refractivity contribution in [1.82, 2.24) is 9.97 Å². The summed E-state index contributed by atoms with van der Waals surface area (Å²) in [6, 6.07) is 12.6. The first-order valence-electron chi connectivity index (χ1n) is 16.2. The van der Waals surface area contributed by atoms with Gasteiger partial charge in [0.1, 0.15) is 18.0 Å². The van der Waals surface area contributed by atoms with E-state index in [1.54, 1.807) is 30.5 Å². The molecular formula is C35H51N3O6. The summed E-state index contributed by atoms with van der Waals surface area (Å²) < 4.78 is 6.20. The predicted molar refractivity (Wildman–Crippen MR) is 171 cm³/mol. The molecule has 1 saturated carbocycles. The Balaban J connectivity index is 1.40. The molecule has 1 aliphatic rings. The number of hydrogen-bond donors (Lipinski definition) is 7. The molecule has 0 amide bonds. The molecule has 242 valence electrons. The number of aromatic hydroxyl groups is 1. The molecule has 7 atom stereocenters. The Morgan fingerprint density at radius 3 is 2.61 bits per heavy atom. The van der Waals surface area contributed by atoms with Crippen molar-refractivity contribution >= 4 is 5.82 Å². The van der Waals surface area contributed by atoms with E-state index >= 15 is 0 Å². The van der Waals surface area contributed by atoms with Crippen LogP contribution in [0.1, 0.15) is 87.4 Å². The van der Waals surface area contributed by atoms with Gasteiger partial charge in [-0.1, -0.05) is 38.7 Å². The van der Waals surface area contributed by atoms with E-state index in [9.17, 15) is 25.5 Å². The first kappa shape index (κ1) is 33.8. The summed E-state index contributed by atoms with van der Waals surface area (Å²) in [5.74, 6) is 1.38. The summed E-state index contributed by atoms with van der Waals surface area (Å²) in [4.78, 5) is 7.32. The number of rotatable bonds is 16. The maximum atomic E-state index is 10.9. The van der Waals surface area contributed by atoms with Crippen LogP contribution in [0.25, 0.3) is 0 Å². The lowest BCUT2D eigenvalue weighted by atomic mass is 9.88. The normalized spacial score (nSPS) is 20.8. The first-order valence-corrected chi connectivity index (χ1v) is 16.2. The SMILES string of the molecule is CC[C@@H]1CCC[C@H]([C@H](O)C[C@H](O)CCc2ccc(O)c(O[C@H](C[C@H](Cc3ccc[nH]3)c3ccnc(N)c3)[C@H](O)CO)c2)CC1. The number of pyridine rings is 1. The largest absolute Gasteiger partial charge is 0.504 e. The minimum absolute atomic E-state index is 0.0762. The van der Waals surface area contributed by atoms with Crippen LogP contribution >= 0.6 is 0 Å². The first-order chi connectivity index (χ1) is 21.2. The second kappa shape index (κ2) is 16.8. The van der Waals surface area contributed by atoms with Gasteiger partial charge in [0.05, 0.1) is 18.8 Å². The third-order valence-electron chi connectivity index (χ3n) is 9.38. The summed E-state index contributed by atoms with van der Waals surface area (Å²) in [6.45, 7) is 1.73. The molecule has 1 aromatic carbocycles. The number of nitrogens with two attached hydrogens (primary N) is 1. The van der Waals surface area contributed by atoms with E-state index in [4.69, 9.17) is 10.5 Å². The number of aryl methyl sites for hydroxylation is 1. The summed E-state index contributed by atoms with van der Waals surface area (Å²) in [5.41, 5.74) is 8.75. The number of aromatic nitrogens is 2.